The van der Waals surface area contributed by atoms with Gasteiger partial charge in [0.15, 0.2) is 6.61 Å². The maximum atomic E-state index is 13.2. The lowest BCUT2D eigenvalue weighted by molar-refractivity contribution is -0.142. The minimum absolute atomic E-state index is 0.152. The molecule has 2 aromatic rings. The number of rotatable bonds is 10. The molecule has 0 spiro atoms. The molecule has 1 N–H and O–H groups in total. The fourth-order valence-corrected chi connectivity index (χ4v) is 3.45. The Balaban J connectivity index is 2.12. The van der Waals surface area contributed by atoms with Crippen LogP contribution in [-0.4, -0.2) is 35.9 Å². The summed E-state index contributed by atoms with van der Waals surface area (Å²) < 4.78 is 19.6. The number of benzene rings is 2. The monoisotopic (exact) mass is 498 g/mol. The summed E-state index contributed by atoms with van der Waals surface area (Å²) in [6.45, 7) is 4.11. The van der Waals surface area contributed by atoms with Crippen molar-refractivity contribution in [1.82, 2.24) is 10.2 Å². The molecule has 0 bridgehead atoms. The summed E-state index contributed by atoms with van der Waals surface area (Å²) >= 11 is 9.46. The van der Waals surface area contributed by atoms with Crippen LogP contribution >= 0.6 is 27.5 Å². The van der Waals surface area contributed by atoms with E-state index in [9.17, 15) is 14.0 Å². The van der Waals surface area contributed by atoms with E-state index in [1.165, 1.54) is 17.0 Å². The van der Waals surface area contributed by atoms with E-state index in [0.29, 0.717) is 22.9 Å². The lowest BCUT2D eigenvalue weighted by atomic mass is 10.1. The number of halogens is 3. The van der Waals surface area contributed by atoms with Gasteiger partial charge >= 0.3 is 0 Å². The number of ether oxygens (including phenoxy) is 1. The van der Waals surface area contributed by atoms with Crippen molar-refractivity contribution in [3.63, 3.8) is 0 Å². The lowest BCUT2D eigenvalue weighted by Crippen LogP contribution is -2.49. The third kappa shape index (κ3) is 7.29. The van der Waals surface area contributed by atoms with Gasteiger partial charge in [0, 0.05) is 17.6 Å². The number of nitrogens with one attached hydrogen (secondary N) is 1. The first-order chi connectivity index (χ1) is 14.3. The quantitative estimate of drug-likeness (QED) is 0.470. The first-order valence-corrected chi connectivity index (χ1v) is 10.9. The Morgan fingerprint density at radius 3 is 2.57 bits per heavy atom. The van der Waals surface area contributed by atoms with Crippen LogP contribution < -0.4 is 10.1 Å². The van der Waals surface area contributed by atoms with Crippen LogP contribution in [0, 0.1) is 5.82 Å². The van der Waals surface area contributed by atoms with Crippen LogP contribution in [0.15, 0.2) is 46.9 Å². The summed E-state index contributed by atoms with van der Waals surface area (Å²) in [4.78, 5) is 26.9. The predicted molar refractivity (Wildman–Crippen MR) is 119 cm³/mol. The van der Waals surface area contributed by atoms with Gasteiger partial charge in [-0.3, -0.25) is 9.59 Å². The molecule has 0 aliphatic heterocycles. The van der Waals surface area contributed by atoms with Gasteiger partial charge < -0.3 is 15.0 Å². The molecule has 0 saturated carbocycles. The van der Waals surface area contributed by atoms with Crippen molar-refractivity contribution >= 4 is 39.3 Å². The molecule has 2 aromatic carbocycles. The van der Waals surface area contributed by atoms with E-state index in [0.717, 1.165) is 17.3 Å². The van der Waals surface area contributed by atoms with Gasteiger partial charge in [-0.2, -0.15) is 0 Å². The Morgan fingerprint density at radius 2 is 1.93 bits per heavy atom. The van der Waals surface area contributed by atoms with Crippen molar-refractivity contribution in [2.24, 2.45) is 0 Å². The number of carbonyl (C=O) groups is 2. The van der Waals surface area contributed by atoms with E-state index in [1.807, 2.05) is 6.92 Å². The molecule has 0 fully saturated rings. The summed E-state index contributed by atoms with van der Waals surface area (Å²) in [5, 5.41) is 3.21. The molecule has 0 saturated heterocycles. The van der Waals surface area contributed by atoms with Crippen LogP contribution in [0.25, 0.3) is 0 Å². The van der Waals surface area contributed by atoms with Crippen molar-refractivity contribution in [1.29, 1.82) is 0 Å². The fraction of sp³-hybridized carbons (Fsp3) is 0.364. The normalized spacial score (nSPS) is 11.6. The van der Waals surface area contributed by atoms with E-state index in [2.05, 4.69) is 21.2 Å². The second kappa shape index (κ2) is 11.9. The number of unbranched alkanes of at least 4 members (excludes halogenated alkanes) is 1. The molecule has 0 radical (unpaired) electrons. The van der Waals surface area contributed by atoms with Crippen LogP contribution in [-0.2, 0) is 16.1 Å². The molecule has 0 unspecified atom stereocenters. The third-order valence-corrected chi connectivity index (χ3v) is 5.30. The fourth-order valence-electron chi connectivity index (χ4n) is 2.72. The summed E-state index contributed by atoms with van der Waals surface area (Å²) in [6, 6.07) is 10.2. The summed E-state index contributed by atoms with van der Waals surface area (Å²) in [7, 11) is 0. The minimum Gasteiger partial charge on any atom is -0.482 e. The molecule has 5 nitrogen and oxygen atoms in total. The smallest absolute Gasteiger partial charge is 0.261 e. The summed E-state index contributed by atoms with van der Waals surface area (Å²) in [6.07, 6.45) is 1.81. The first-order valence-electron chi connectivity index (χ1n) is 9.71. The second-order valence-corrected chi connectivity index (χ2v) is 8.15. The van der Waals surface area contributed by atoms with E-state index < -0.39 is 6.04 Å². The van der Waals surface area contributed by atoms with Gasteiger partial charge in [-0.1, -0.05) is 53.0 Å². The van der Waals surface area contributed by atoms with Crippen molar-refractivity contribution < 1.29 is 18.7 Å². The highest BCUT2D eigenvalue weighted by Crippen LogP contribution is 2.27. The minimum atomic E-state index is -0.719. The summed E-state index contributed by atoms with van der Waals surface area (Å²) in [5.74, 6) is -0.623. The average Bonchev–Trinajstić information content (AvgIpc) is 2.72. The standard InChI is InChI=1S/C22H25BrClFN2O3/c1-3-4-11-26-22(29)15(2)27(13-16-5-8-18(25)9-6-16)21(28)14-30-20-10-7-17(23)12-19(20)24/h5-10,12,15H,3-4,11,13-14H2,1-2H3,(H,26,29)/t15-/m0/s1. The molecule has 0 aliphatic rings. The van der Waals surface area contributed by atoms with Gasteiger partial charge in [0.1, 0.15) is 17.6 Å². The molecule has 30 heavy (non-hydrogen) atoms. The van der Waals surface area contributed by atoms with Crippen molar-refractivity contribution in [2.75, 3.05) is 13.2 Å². The van der Waals surface area contributed by atoms with E-state index >= 15 is 0 Å². The molecule has 0 heterocycles. The summed E-state index contributed by atoms with van der Waals surface area (Å²) in [5.41, 5.74) is 0.708. The zero-order valence-electron chi connectivity index (χ0n) is 17.0. The Kier molecular flexibility index (Phi) is 9.59. The number of carbonyl (C=O) groups excluding carboxylic acids is 2. The number of hydrogen-bond donors (Lipinski definition) is 1. The van der Waals surface area contributed by atoms with Gasteiger partial charge in [-0.25, -0.2) is 4.39 Å². The Bertz CT molecular complexity index is 864. The molecule has 162 valence electrons. The SMILES string of the molecule is CCCCNC(=O)[C@H](C)N(Cc1ccc(F)cc1)C(=O)COc1ccc(Br)cc1Cl. The van der Waals surface area contributed by atoms with Gasteiger partial charge in [0.2, 0.25) is 5.91 Å². The Morgan fingerprint density at radius 1 is 1.23 bits per heavy atom. The second-order valence-electron chi connectivity index (χ2n) is 6.83. The number of nitrogens with zero attached hydrogens (tertiary/aromatic N) is 1. The van der Waals surface area contributed by atoms with Gasteiger partial charge in [0.05, 0.1) is 5.02 Å². The zero-order valence-corrected chi connectivity index (χ0v) is 19.3. The molecule has 2 amide bonds. The van der Waals surface area contributed by atoms with Gasteiger partial charge in [-0.05, 0) is 49.2 Å². The third-order valence-electron chi connectivity index (χ3n) is 4.51. The molecular weight excluding hydrogens is 475 g/mol. The van der Waals surface area contributed by atoms with Gasteiger partial charge in [-0.15, -0.1) is 0 Å². The maximum absolute atomic E-state index is 13.2. The Labute approximate surface area is 189 Å². The molecule has 0 aromatic heterocycles. The van der Waals surface area contributed by atoms with E-state index in [-0.39, 0.29) is 30.8 Å². The molecular formula is C22H25BrClFN2O3. The first kappa shape index (κ1) is 24.2. The molecule has 2 rings (SSSR count). The lowest BCUT2D eigenvalue weighted by Gasteiger charge is -2.28. The molecule has 8 heteroatoms. The van der Waals surface area contributed by atoms with Crippen LogP contribution in [0.3, 0.4) is 0 Å². The van der Waals surface area contributed by atoms with E-state index in [1.54, 1.807) is 37.3 Å². The van der Waals surface area contributed by atoms with Crippen molar-refractivity contribution in [3.8, 4) is 5.75 Å². The molecule has 0 aliphatic carbocycles. The highest BCUT2D eigenvalue weighted by Gasteiger charge is 2.26. The highest BCUT2D eigenvalue weighted by molar-refractivity contribution is 9.10. The molecule has 1 atom stereocenters. The number of hydrogen-bond acceptors (Lipinski definition) is 3. The Hall–Kier alpha value is -2.12. The average molecular weight is 500 g/mol. The van der Waals surface area contributed by atoms with Crippen LogP contribution in [0.4, 0.5) is 4.39 Å². The van der Waals surface area contributed by atoms with Crippen LogP contribution in [0.1, 0.15) is 32.3 Å². The highest BCUT2D eigenvalue weighted by atomic mass is 79.9. The zero-order chi connectivity index (χ0) is 22.1. The van der Waals surface area contributed by atoms with Gasteiger partial charge in [0.25, 0.3) is 5.91 Å². The van der Waals surface area contributed by atoms with Crippen LogP contribution in [0.2, 0.25) is 5.02 Å². The van der Waals surface area contributed by atoms with Crippen molar-refractivity contribution in [2.45, 2.75) is 39.3 Å². The largest absolute Gasteiger partial charge is 0.482 e. The number of amides is 2. The predicted octanol–water partition coefficient (Wildman–Crippen LogP) is 4.95. The maximum Gasteiger partial charge on any atom is 0.261 e. The van der Waals surface area contributed by atoms with E-state index in [4.69, 9.17) is 16.3 Å². The van der Waals surface area contributed by atoms with Crippen molar-refractivity contribution in [3.05, 3.63) is 63.3 Å². The topological polar surface area (TPSA) is 58.6 Å². The van der Waals surface area contributed by atoms with Crippen LogP contribution in [0.5, 0.6) is 5.75 Å².